The Morgan fingerprint density at radius 1 is 1.31 bits per heavy atom. The van der Waals surface area contributed by atoms with Crippen molar-refractivity contribution in [3.8, 4) is 22.9 Å². The largest absolute Gasteiger partial charge is 0.493 e. The second kappa shape index (κ2) is 7.28. The first-order chi connectivity index (χ1) is 12.4. The molecule has 140 valence electrons. The first-order valence-corrected chi connectivity index (χ1v) is 9.72. The van der Waals surface area contributed by atoms with Crippen molar-refractivity contribution in [2.75, 3.05) is 25.7 Å². The van der Waals surface area contributed by atoms with Crippen molar-refractivity contribution in [3.05, 3.63) is 18.2 Å². The fraction of sp³-hybridized carbons (Fsp3) is 0.467. The molecule has 1 aliphatic rings. The van der Waals surface area contributed by atoms with Gasteiger partial charge in [0.15, 0.2) is 21.3 Å². The fourth-order valence-corrected chi connectivity index (χ4v) is 4.39. The van der Waals surface area contributed by atoms with Crippen LogP contribution >= 0.6 is 0 Å². The van der Waals surface area contributed by atoms with Gasteiger partial charge in [0.2, 0.25) is 11.7 Å². The third-order valence-electron chi connectivity index (χ3n) is 3.98. The molecular weight excluding hydrogens is 362 g/mol. The Labute approximate surface area is 150 Å². The molecule has 1 N–H and O–H groups in total. The number of carbonyl (C=O) groups is 1. The van der Waals surface area contributed by atoms with E-state index in [4.69, 9.17) is 9.47 Å². The number of rotatable bonds is 6. The zero-order valence-corrected chi connectivity index (χ0v) is 15.2. The average Bonchev–Trinajstić information content (AvgIpc) is 3.20. The lowest BCUT2D eigenvalue weighted by molar-refractivity contribution is -0.122. The van der Waals surface area contributed by atoms with Crippen LogP contribution in [0.4, 0.5) is 0 Å². The maximum Gasteiger partial charge on any atom is 0.243 e. The molecular formula is C15H19N5O5S. The van der Waals surface area contributed by atoms with E-state index in [1.807, 2.05) is 0 Å². The number of carbonyl (C=O) groups excluding carboxylic acids is 1. The third-order valence-corrected chi connectivity index (χ3v) is 5.75. The second-order valence-electron chi connectivity index (χ2n) is 5.88. The second-order valence-corrected chi connectivity index (χ2v) is 8.11. The highest BCUT2D eigenvalue weighted by Gasteiger charge is 2.29. The standard InChI is InChI=1S/C15H19N5O5S/c1-24-12-4-3-10(7-13(12)25-2)15-17-19-20(18-15)8-14(21)16-11-5-6-26(22,23)9-11/h3-4,7,11H,5-6,8-9H2,1-2H3,(H,16,21)/t11-/m1/s1. The SMILES string of the molecule is COc1ccc(-c2nnn(CC(=O)N[C@@H]3CCS(=O)(=O)C3)n2)cc1OC. The lowest BCUT2D eigenvalue weighted by Gasteiger charge is -2.09. The summed E-state index contributed by atoms with van der Waals surface area (Å²) < 4.78 is 33.3. The molecule has 0 bridgehead atoms. The van der Waals surface area contributed by atoms with Crippen molar-refractivity contribution in [1.29, 1.82) is 0 Å². The number of amides is 1. The van der Waals surface area contributed by atoms with E-state index in [1.165, 1.54) is 7.11 Å². The molecule has 1 aromatic heterocycles. The first-order valence-electron chi connectivity index (χ1n) is 7.90. The molecule has 10 nitrogen and oxygen atoms in total. The lowest BCUT2D eigenvalue weighted by Crippen LogP contribution is -2.38. The van der Waals surface area contributed by atoms with E-state index in [0.29, 0.717) is 29.3 Å². The van der Waals surface area contributed by atoms with Gasteiger partial charge in [0.25, 0.3) is 0 Å². The van der Waals surface area contributed by atoms with Crippen molar-refractivity contribution in [1.82, 2.24) is 25.5 Å². The van der Waals surface area contributed by atoms with Crippen LogP contribution < -0.4 is 14.8 Å². The molecule has 3 rings (SSSR count). The highest BCUT2D eigenvalue weighted by Crippen LogP contribution is 2.30. The molecule has 1 atom stereocenters. The Morgan fingerprint density at radius 2 is 2.08 bits per heavy atom. The molecule has 11 heteroatoms. The quantitative estimate of drug-likeness (QED) is 0.720. The molecule has 1 aromatic carbocycles. The molecule has 1 saturated heterocycles. The van der Waals surface area contributed by atoms with E-state index in [2.05, 4.69) is 20.7 Å². The molecule has 0 aliphatic carbocycles. The average molecular weight is 381 g/mol. The van der Waals surface area contributed by atoms with E-state index in [9.17, 15) is 13.2 Å². The number of methoxy groups -OCH3 is 2. The summed E-state index contributed by atoms with van der Waals surface area (Å²) >= 11 is 0. The third kappa shape index (κ3) is 4.10. The number of ether oxygens (including phenoxy) is 2. The van der Waals surface area contributed by atoms with E-state index in [0.717, 1.165) is 4.80 Å². The Balaban J connectivity index is 1.65. The Hall–Kier alpha value is -2.69. The van der Waals surface area contributed by atoms with E-state index < -0.39 is 9.84 Å². The van der Waals surface area contributed by atoms with Crippen LogP contribution in [0.15, 0.2) is 18.2 Å². The molecule has 1 aliphatic heterocycles. The minimum Gasteiger partial charge on any atom is -0.493 e. The maximum atomic E-state index is 12.0. The number of nitrogens with one attached hydrogen (secondary N) is 1. The zero-order valence-electron chi connectivity index (χ0n) is 14.4. The summed E-state index contributed by atoms with van der Waals surface area (Å²) in [6.07, 6.45) is 0.426. The molecule has 0 unspecified atom stereocenters. The summed E-state index contributed by atoms with van der Waals surface area (Å²) in [6, 6.07) is 4.83. The number of hydrogen-bond donors (Lipinski definition) is 1. The molecule has 0 spiro atoms. The molecule has 26 heavy (non-hydrogen) atoms. The van der Waals surface area contributed by atoms with Gasteiger partial charge in [0, 0.05) is 11.6 Å². The zero-order chi connectivity index (χ0) is 18.7. The van der Waals surface area contributed by atoms with Gasteiger partial charge in [-0.25, -0.2) is 8.42 Å². The van der Waals surface area contributed by atoms with Gasteiger partial charge in [-0.1, -0.05) is 0 Å². The topological polar surface area (TPSA) is 125 Å². The van der Waals surface area contributed by atoms with Gasteiger partial charge in [-0.15, -0.1) is 10.2 Å². The number of aromatic nitrogens is 4. The van der Waals surface area contributed by atoms with Gasteiger partial charge in [0.1, 0.15) is 6.54 Å². The van der Waals surface area contributed by atoms with E-state index in [-0.39, 0.29) is 30.0 Å². The minimum absolute atomic E-state index is 0.0274. The molecule has 2 aromatic rings. The van der Waals surface area contributed by atoms with E-state index in [1.54, 1.807) is 25.3 Å². The number of benzene rings is 1. The number of nitrogens with zero attached hydrogens (tertiary/aromatic N) is 4. The van der Waals surface area contributed by atoms with E-state index >= 15 is 0 Å². The number of tetrazole rings is 1. The summed E-state index contributed by atoms with van der Waals surface area (Å²) in [5, 5.41) is 14.6. The Bertz CT molecular complexity index is 911. The van der Waals surface area contributed by atoms with Crippen LogP contribution in [0.5, 0.6) is 11.5 Å². The summed E-state index contributed by atoms with van der Waals surface area (Å²) in [4.78, 5) is 13.2. The van der Waals surface area contributed by atoms with Crippen LogP contribution in [-0.4, -0.2) is 66.3 Å². The van der Waals surface area contributed by atoms with Gasteiger partial charge in [-0.3, -0.25) is 4.79 Å². The molecule has 1 fully saturated rings. The first kappa shape index (κ1) is 18.1. The molecule has 0 saturated carbocycles. The summed E-state index contributed by atoms with van der Waals surface area (Å²) in [6.45, 7) is -0.142. The Morgan fingerprint density at radius 3 is 2.73 bits per heavy atom. The van der Waals surface area contributed by atoms with Gasteiger partial charge >= 0.3 is 0 Å². The highest BCUT2D eigenvalue weighted by atomic mass is 32.2. The number of hydrogen-bond acceptors (Lipinski definition) is 8. The van der Waals surface area contributed by atoms with Crippen LogP contribution in [0.1, 0.15) is 6.42 Å². The van der Waals surface area contributed by atoms with Gasteiger partial charge in [-0.05, 0) is 29.8 Å². The van der Waals surface area contributed by atoms with Crippen LogP contribution in [0.3, 0.4) is 0 Å². The Kier molecular flexibility index (Phi) is 5.07. The van der Waals surface area contributed by atoms with Crippen molar-refractivity contribution in [2.45, 2.75) is 19.0 Å². The van der Waals surface area contributed by atoms with Crippen molar-refractivity contribution in [3.63, 3.8) is 0 Å². The highest BCUT2D eigenvalue weighted by molar-refractivity contribution is 7.91. The van der Waals surface area contributed by atoms with Crippen molar-refractivity contribution >= 4 is 15.7 Å². The van der Waals surface area contributed by atoms with Crippen molar-refractivity contribution < 1.29 is 22.7 Å². The molecule has 2 heterocycles. The van der Waals surface area contributed by atoms with Gasteiger partial charge in [0.05, 0.1) is 25.7 Å². The number of sulfone groups is 1. The maximum absolute atomic E-state index is 12.0. The minimum atomic E-state index is -3.05. The van der Waals surface area contributed by atoms with Gasteiger partial charge in [-0.2, -0.15) is 4.80 Å². The predicted molar refractivity (Wildman–Crippen MR) is 91.6 cm³/mol. The summed E-state index contributed by atoms with van der Waals surface area (Å²) in [7, 11) is 0.0237. The molecule has 1 amide bonds. The van der Waals surface area contributed by atoms with Crippen LogP contribution in [-0.2, 0) is 21.2 Å². The van der Waals surface area contributed by atoms with Crippen LogP contribution in [0, 0.1) is 0 Å². The monoisotopic (exact) mass is 381 g/mol. The smallest absolute Gasteiger partial charge is 0.243 e. The van der Waals surface area contributed by atoms with Gasteiger partial charge < -0.3 is 14.8 Å². The summed E-state index contributed by atoms with van der Waals surface area (Å²) in [5.41, 5.74) is 0.663. The predicted octanol–water partition coefficient (Wildman–Crippen LogP) is -0.339. The molecule has 0 radical (unpaired) electrons. The lowest BCUT2D eigenvalue weighted by atomic mass is 10.2. The van der Waals surface area contributed by atoms with Crippen molar-refractivity contribution in [2.24, 2.45) is 0 Å². The summed E-state index contributed by atoms with van der Waals surface area (Å²) in [5.74, 6) is 1.16. The van der Waals surface area contributed by atoms with Crippen LogP contribution in [0.25, 0.3) is 11.4 Å². The normalized spacial score (nSPS) is 18.5. The fourth-order valence-electron chi connectivity index (χ4n) is 2.71. The van der Waals surface area contributed by atoms with Crippen LogP contribution in [0.2, 0.25) is 0 Å².